The third kappa shape index (κ3) is 4.56. The number of benzene rings is 1. The number of azide groups is 1. The van der Waals surface area contributed by atoms with Gasteiger partial charge < -0.3 is 9.64 Å². The lowest BCUT2D eigenvalue weighted by Gasteiger charge is -2.34. The fraction of sp³-hybridized carbons (Fsp3) is 0.476. The first-order valence-electron chi connectivity index (χ1n) is 10.9. The number of amides is 5. The van der Waals surface area contributed by atoms with E-state index in [2.05, 4.69) is 20.2 Å². The molecule has 4 rings (SSSR count). The van der Waals surface area contributed by atoms with Crippen LogP contribution in [0.5, 0.6) is 5.75 Å². The number of piperidine rings is 1. The second kappa shape index (κ2) is 9.89. The second-order valence-corrected chi connectivity index (χ2v) is 8.09. The third-order valence-corrected chi connectivity index (χ3v) is 6.09. The van der Waals surface area contributed by atoms with E-state index in [1.54, 1.807) is 11.0 Å². The van der Waals surface area contributed by atoms with E-state index in [1.165, 1.54) is 12.1 Å². The van der Waals surface area contributed by atoms with Crippen LogP contribution in [0.25, 0.3) is 10.4 Å². The van der Waals surface area contributed by atoms with Crippen molar-refractivity contribution < 1.29 is 28.7 Å². The number of imide groups is 2. The number of ether oxygens (including phenoxy) is 1. The van der Waals surface area contributed by atoms with Gasteiger partial charge >= 0.3 is 0 Å². The molecule has 13 heteroatoms. The molecule has 2 saturated heterocycles. The Morgan fingerprint density at radius 3 is 2.62 bits per heavy atom. The number of fused-ring (bicyclic) bond motifs is 1. The van der Waals surface area contributed by atoms with E-state index in [1.807, 2.05) is 0 Å². The van der Waals surface area contributed by atoms with E-state index in [-0.39, 0.29) is 42.2 Å². The zero-order valence-corrected chi connectivity index (χ0v) is 18.3. The van der Waals surface area contributed by atoms with Gasteiger partial charge in [0, 0.05) is 50.6 Å². The van der Waals surface area contributed by atoms with Crippen molar-refractivity contribution in [2.75, 3.05) is 45.9 Å². The molecule has 0 aromatic heterocycles. The van der Waals surface area contributed by atoms with Gasteiger partial charge in [-0.25, -0.2) is 0 Å². The molecule has 13 nitrogen and oxygen atoms in total. The van der Waals surface area contributed by atoms with Gasteiger partial charge in [0.25, 0.3) is 17.7 Å². The van der Waals surface area contributed by atoms with Gasteiger partial charge in [0.1, 0.15) is 11.8 Å². The van der Waals surface area contributed by atoms with Gasteiger partial charge in [-0.1, -0.05) is 11.2 Å². The fourth-order valence-electron chi connectivity index (χ4n) is 4.29. The first kappa shape index (κ1) is 23.2. The predicted octanol–water partition coefficient (Wildman–Crippen LogP) is -0.0789. The fourth-order valence-corrected chi connectivity index (χ4v) is 4.29. The Morgan fingerprint density at radius 1 is 1.15 bits per heavy atom. The first-order valence-corrected chi connectivity index (χ1v) is 10.9. The quantitative estimate of drug-likeness (QED) is 0.252. The summed E-state index contributed by atoms with van der Waals surface area (Å²) < 4.78 is 5.65. The summed E-state index contributed by atoms with van der Waals surface area (Å²) in [4.78, 5) is 69.6. The molecule has 1 unspecified atom stereocenters. The van der Waals surface area contributed by atoms with E-state index < -0.39 is 29.7 Å². The third-order valence-electron chi connectivity index (χ3n) is 6.09. The van der Waals surface area contributed by atoms with Crippen molar-refractivity contribution in [1.29, 1.82) is 0 Å². The van der Waals surface area contributed by atoms with Crippen molar-refractivity contribution in [1.82, 2.24) is 20.0 Å². The normalized spacial score (nSPS) is 20.6. The molecule has 34 heavy (non-hydrogen) atoms. The molecule has 178 valence electrons. The van der Waals surface area contributed by atoms with Gasteiger partial charge in [0.05, 0.1) is 11.1 Å². The van der Waals surface area contributed by atoms with Crippen LogP contribution >= 0.6 is 0 Å². The highest BCUT2D eigenvalue weighted by molar-refractivity contribution is 6.24. The van der Waals surface area contributed by atoms with Gasteiger partial charge in [0.2, 0.25) is 11.8 Å². The lowest BCUT2D eigenvalue weighted by Crippen LogP contribution is -2.54. The summed E-state index contributed by atoms with van der Waals surface area (Å²) in [5.41, 5.74) is 8.45. The Morgan fingerprint density at radius 2 is 1.91 bits per heavy atom. The molecule has 3 heterocycles. The number of carbonyl (C=O) groups excluding carboxylic acids is 5. The van der Waals surface area contributed by atoms with Gasteiger partial charge in [-0.05, 0) is 24.1 Å². The van der Waals surface area contributed by atoms with E-state index in [4.69, 9.17) is 10.3 Å². The van der Waals surface area contributed by atoms with Crippen LogP contribution in [0.3, 0.4) is 0 Å². The Labute approximate surface area is 194 Å². The number of hydrogen-bond acceptors (Lipinski definition) is 8. The zero-order valence-electron chi connectivity index (χ0n) is 18.3. The molecule has 1 N–H and O–H groups in total. The highest BCUT2D eigenvalue weighted by Crippen LogP contribution is 2.33. The van der Waals surface area contributed by atoms with Crippen LogP contribution in [0, 0.1) is 0 Å². The first-order chi connectivity index (χ1) is 16.4. The zero-order chi connectivity index (χ0) is 24.2. The summed E-state index contributed by atoms with van der Waals surface area (Å²) in [6.45, 7) is 2.95. The van der Waals surface area contributed by atoms with Crippen LogP contribution in [0.1, 0.15) is 33.6 Å². The molecule has 1 aromatic rings. The summed E-state index contributed by atoms with van der Waals surface area (Å²) in [7, 11) is 0. The lowest BCUT2D eigenvalue weighted by molar-refractivity contribution is -0.136. The average molecular weight is 469 g/mol. The Bertz CT molecular complexity index is 1090. The van der Waals surface area contributed by atoms with Crippen LogP contribution in [-0.2, 0) is 14.4 Å². The second-order valence-electron chi connectivity index (χ2n) is 8.09. The minimum atomic E-state index is -1.07. The summed E-state index contributed by atoms with van der Waals surface area (Å²) in [5.74, 6) is -2.63. The van der Waals surface area contributed by atoms with Crippen LogP contribution in [-0.4, -0.2) is 96.2 Å². The maximum absolute atomic E-state index is 13.1. The van der Waals surface area contributed by atoms with Crippen molar-refractivity contribution in [3.8, 4) is 5.75 Å². The number of rotatable bonds is 7. The molecule has 5 amide bonds. The highest BCUT2D eigenvalue weighted by atomic mass is 16.5. The number of nitrogens with zero attached hydrogens (tertiary/aromatic N) is 6. The SMILES string of the molecule is [N-]=[N+]=NCCN1CCN(C(=O)COc2cccc3c2C(=O)N(C2CCC(=O)NC2=O)C3=O)CC1. The van der Waals surface area contributed by atoms with E-state index >= 15 is 0 Å². The van der Waals surface area contributed by atoms with Crippen molar-refractivity contribution in [3.63, 3.8) is 0 Å². The molecule has 0 aliphatic carbocycles. The largest absolute Gasteiger partial charge is 0.483 e. The van der Waals surface area contributed by atoms with Crippen molar-refractivity contribution >= 4 is 29.5 Å². The Kier molecular flexibility index (Phi) is 6.75. The molecule has 0 spiro atoms. The smallest absolute Gasteiger partial charge is 0.266 e. The average Bonchev–Trinajstić information content (AvgIpc) is 3.09. The maximum atomic E-state index is 13.1. The minimum absolute atomic E-state index is 0.00728. The summed E-state index contributed by atoms with van der Waals surface area (Å²) >= 11 is 0. The Hall–Kier alpha value is -3.96. The molecular formula is C21H23N7O6. The van der Waals surface area contributed by atoms with Crippen LogP contribution in [0.15, 0.2) is 23.3 Å². The minimum Gasteiger partial charge on any atom is -0.483 e. The molecule has 1 atom stereocenters. The highest BCUT2D eigenvalue weighted by Gasteiger charge is 2.46. The topological polar surface area (TPSA) is 165 Å². The van der Waals surface area contributed by atoms with E-state index in [0.29, 0.717) is 39.3 Å². The monoisotopic (exact) mass is 469 g/mol. The molecule has 3 aliphatic heterocycles. The maximum Gasteiger partial charge on any atom is 0.266 e. The van der Waals surface area contributed by atoms with Gasteiger partial charge in [0.15, 0.2) is 6.61 Å². The van der Waals surface area contributed by atoms with Gasteiger partial charge in [-0.15, -0.1) is 0 Å². The molecular weight excluding hydrogens is 446 g/mol. The van der Waals surface area contributed by atoms with Gasteiger partial charge in [-0.2, -0.15) is 0 Å². The lowest BCUT2D eigenvalue weighted by atomic mass is 10.0. The standard InChI is InChI=1S/C21H23N7O6/c22-25-23-6-7-26-8-10-27(11-9-26)17(30)12-34-15-3-1-2-13-18(15)21(33)28(20(13)32)14-4-5-16(29)24-19(14)31/h1-3,14H,4-12H2,(H,24,29,31). The summed E-state index contributed by atoms with van der Waals surface area (Å²) in [6.07, 6.45) is 0.0835. The predicted molar refractivity (Wildman–Crippen MR) is 116 cm³/mol. The number of nitrogens with one attached hydrogen (secondary N) is 1. The van der Waals surface area contributed by atoms with Crippen LogP contribution in [0.4, 0.5) is 0 Å². The molecule has 2 fully saturated rings. The molecule has 0 saturated carbocycles. The van der Waals surface area contributed by atoms with Crippen molar-refractivity contribution in [2.45, 2.75) is 18.9 Å². The number of carbonyl (C=O) groups is 5. The van der Waals surface area contributed by atoms with Crippen LogP contribution in [0.2, 0.25) is 0 Å². The molecule has 0 bridgehead atoms. The van der Waals surface area contributed by atoms with Crippen LogP contribution < -0.4 is 10.1 Å². The summed E-state index contributed by atoms with van der Waals surface area (Å²) in [6, 6.07) is 3.43. The van der Waals surface area contributed by atoms with E-state index in [0.717, 1.165) is 4.90 Å². The number of piperazine rings is 1. The molecule has 1 aromatic carbocycles. The summed E-state index contributed by atoms with van der Waals surface area (Å²) in [5, 5.41) is 5.66. The molecule has 0 radical (unpaired) electrons. The van der Waals surface area contributed by atoms with Crippen molar-refractivity contribution in [3.05, 3.63) is 39.8 Å². The number of hydrogen-bond donors (Lipinski definition) is 1. The Balaban J connectivity index is 1.39. The molecule has 3 aliphatic rings. The van der Waals surface area contributed by atoms with Crippen molar-refractivity contribution in [2.24, 2.45) is 5.11 Å². The van der Waals surface area contributed by atoms with E-state index in [9.17, 15) is 24.0 Å². The van der Waals surface area contributed by atoms with Gasteiger partial charge in [-0.3, -0.25) is 39.1 Å².